The third-order valence-corrected chi connectivity index (χ3v) is 5.90. The maximum atomic E-state index is 11.6. The SMILES string of the molecule is C[S+]([O-])c1ccc(-c2cc(C#N)sc2-c2ccc(NCC=O)cc2)cc1. The molecule has 0 fully saturated rings. The lowest BCUT2D eigenvalue weighted by atomic mass is 10.0. The normalized spacial score (nSPS) is 11.6. The highest BCUT2D eigenvalue weighted by Crippen LogP contribution is 2.39. The van der Waals surface area contributed by atoms with Crippen LogP contribution in [0.5, 0.6) is 0 Å². The lowest BCUT2D eigenvalue weighted by Gasteiger charge is -2.08. The predicted molar refractivity (Wildman–Crippen MR) is 107 cm³/mol. The quantitative estimate of drug-likeness (QED) is 0.511. The average Bonchev–Trinajstić information content (AvgIpc) is 3.11. The number of benzene rings is 2. The van der Waals surface area contributed by atoms with E-state index in [-0.39, 0.29) is 6.54 Å². The second kappa shape index (κ2) is 8.19. The van der Waals surface area contributed by atoms with Gasteiger partial charge in [-0.05, 0) is 64.8 Å². The first-order chi connectivity index (χ1) is 12.6. The molecule has 0 spiro atoms. The van der Waals surface area contributed by atoms with Gasteiger partial charge in [0.1, 0.15) is 23.5 Å². The lowest BCUT2D eigenvalue weighted by molar-refractivity contribution is -0.106. The zero-order valence-electron chi connectivity index (χ0n) is 14.1. The molecule has 26 heavy (non-hydrogen) atoms. The Bertz CT molecular complexity index is 939. The van der Waals surface area contributed by atoms with E-state index in [1.54, 1.807) is 6.26 Å². The summed E-state index contributed by atoms with van der Waals surface area (Å²) in [5, 5.41) is 12.3. The number of carbonyl (C=O) groups is 1. The number of hydrogen-bond acceptors (Lipinski definition) is 5. The Kier molecular flexibility index (Phi) is 5.74. The number of thiophene rings is 1. The van der Waals surface area contributed by atoms with Crippen LogP contribution in [-0.4, -0.2) is 23.6 Å². The summed E-state index contributed by atoms with van der Waals surface area (Å²) in [6.07, 6.45) is 2.47. The van der Waals surface area contributed by atoms with Gasteiger partial charge in [-0.1, -0.05) is 12.1 Å². The summed E-state index contributed by atoms with van der Waals surface area (Å²) in [6, 6.07) is 19.4. The van der Waals surface area contributed by atoms with Crippen LogP contribution >= 0.6 is 11.3 Å². The molecular formula is C20H16N2O2S2. The molecule has 1 atom stereocenters. The van der Waals surface area contributed by atoms with Crippen molar-refractivity contribution in [1.29, 1.82) is 5.26 Å². The number of aldehydes is 1. The van der Waals surface area contributed by atoms with E-state index in [1.165, 1.54) is 11.3 Å². The van der Waals surface area contributed by atoms with Crippen LogP contribution in [0.15, 0.2) is 59.5 Å². The molecule has 2 aromatic carbocycles. The van der Waals surface area contributed by atoms with Crippen molar-refractivity contribution >= 4 is 34.5 Å². The first-order valence-corrected chi connectivity index (χ1v) is 10.3. The molecule has 4 nitrogen and oxygen atoms in total. The van der Waals surface area contributed by atoms with Crippen LogP contribution in [0.1, 0.15) is 4.88 Å². The van der Waals surface area contributed by atoms with Gasteiger partial charge in [0.15, 0.2) is 4.90 Å². The minimum absolute atomic E-state index is 0.271. The fourth-order valence-electron chi connectivity index (χ4n) is 2.60. The van der Waals surface area contributed by atoms with Crippen molar-refractivity contribution in [2.75, 3.05) is 18.1 Å². The fourth-order valence-corrected chi connectivity index (χ4v) is 4.10. The zero-order chi connectivity index (χ0) is 18.5. The van der Waals surface area contributed by atoms with Crippen molar-refractivity contribution < 1.29 is 9.35 Å². The first kappa shape index (κ1) is 18.2. The topological polar surface area (TPSA) is 75.9 Å². The monoisotopic (exact) mass is 380 g/mol. The molecule has 3 aromatic rings. The van der Waals surface area contributed by atoms with E-state index in [4.69, 9.17) is 0 Å². The van der Waals surface area contributed by atoms with Gasteiger partial charge in [-0.25, -0.2) is 0 Å². The molecule has 0 saturated carbocycles. The van der Waals surface area contributed by atoms with E-state index in [1.807, 2.05) is 54.6 Å². The number of nitrogens with zero attached hydrogens (tertiary/aromatic N) is 1. The highest BCUT2D eigenvalue weighted by atomic mass is 32.2. The Morgan fingerprint density at radius 3 is 2.38 bits per heavy atom. The molecule has 1 heterocycles. The minimum Gasteiger partial charge on any atom is -0.612 e. The van der Waals surface area contributed by atoms with E-state index >= 15 is 0 Å². The highest BCUT2D eigenvalue weighted by Gasteiger charge is 2.14. The van der Waals surface area contributed by atoms with Gasteiger partial charge in [0.05, 0.1) is 6.54 Å². The molecular weight excluding hydrogens is 364 g/mol. The summed E-state index contributed by atoms with van der Waals surface area (Å²) in [7, 11) is 0. The van der Waals surface area contributed by atoms with E-state index in [0.29, 0.717) is 4.88 Å². The second-order valence-corrected chi connectivity index (χ2v) is 8.00. The molecule has 3 rings (SSSR count). The largest absolute Gasteiger partial charge is 0.612 e. The van der Waals surface area contributed by atoms with E-state index < -0.39 is 11.2 Å². The van der Waals surface area contributed by atoms with E-state index in [0.717, 1.165) is 38.4 Å². The Morgan fingerprint density at radius 2 is 1.81 bits per heavy atom. The van der Waals surface area contributed by atoms with Crippen LogP contribution in [0.2, 0.25) is 0 Å². The molecule has 1 aromatic heterocycles. The van der Waals surface area contributed by atoms with Crippen molar-refractivity contribution in [3.05, 3.63) is 59.5 Å². The maximum Gasteiger partial charge on any atom is 0.152 e. The number of rotatable bonds is 6. The molecule has 130 valence electrons. The molecule has 0 amide bonds. The van der Waals surface area contributed by atoms with E-state index in [2.05, 4.69) is 11.4 Å². The smallest absolute Gasteiger partial charge is 0.152 e. The molecule has 0 radical (unpaired) electrons. The number of hydrogen-bond donors (Lipinski definition) is 1. The molecule has 1 N–H and O–H groups in total. The summed E-state index contributed by atoms with van der Waals surface area (Å²) in [6.45, 7) is 0.271. The summed E-state index contributed by atoms with van der Waals surface area (Å²) in [5.74, 6) is 0. The fraction of sp³-hybridized carbons (Fsp3) is 0.100. The molecule has 0 saturated heterocycles. The zero-order valence-corrected chi connectivity index (χ0v) is 15.7. The standard InChI is InChI=1S/C20H16N2O2S2/c1-26(24)18-8-4-14(5-9-18)19-12-17(13-21)25-20(19)15-2-6-16(7-3-15)22-10-11-23/h2-9,11-12,22H,10H2,1H3. The van der Waals surface area contributed by atoms with Gasteiger partial charge < -0.3 is 14.7 Å². The van der Waals surface area contributed by atoms with Crippen molar-refractivity contribution in [3.63, 3.8) is 0 Å². The summed E-state index contributed by atoms with van der Waals surface area (Å²) in [4.78, 5) is 12.9. The number of nitriles is 1. The number of anilines is 1. The Hall–Kier alpha value is -2.59. The summed E-state index contributed by atoms with van der Waals surface area (Å²) < 4.78 is 11.6. The molecule has 0 aliphatic heterocycles. The maximum absolute atomic E-state index is 11.6. The second-order valence-electron chi connectivity index (χ2n) is 5.57. The average molecular weight is 380 g/mol. The van der Waals surface area contributed by atoms with Crippen molar-refractivity contribution in [2.45, 2.75) is 4.90 Å². The molecule has 6 heteroatoms. The van der Waals surface area contributed by atoms with Gasteiger partial charge in [-0.2, -0.15) is 5.26 Å². The predicted octanol–water partition coefficient (Wildman–Crippen LogP) is 4.30. The van der Waals surface area contributed by atoms with Gasteiger partial charge in [0, 0.05) is 16.1 Å². The van der Waals surface area contributed by atoms with Crippen LogP contribution in [0.3, 0.4) is 0 Å². The van der Waals surface area contributed by atoms with Crippen molar-refractivity contribution in [3.8, 4) is 27.6 Å². The Labute approximate surface area is 159 Å². The Balaban J connectivity index is 1.98. The van der Waals surface area contributed by atoms with Crippen molar-refractivity contribution in [1.82, 2.24) is 0 Å². The van der Waals surface area contributed by atoms with Gasteiger partial charge in [0.25, 0.3) is 0 Å². The highest BCUT2D eigenvalue weighted by molar-refractivity contribution is 7.90. The number of carbonyl (C=O) groups excluding carboxylic acids is 1. The molecule has 0 bridgehead atoms. The van der Waals surface area contributed by atoms with Crippen LogP contribution < -0.4 is 5.32 Å². The van der Waals surface area contributed by atoms with Gasteiger partial charge in [-0.3, -0.25) is 0 Å². The first-order valence-electron chi connectivity index (χ1n) is 7.88. The lowest BCUT2D eigenvalue weighted by Crippen LogP contribution is -2.01. The Morgan fingerprint density at radius 1 is 1.15 bits per heavy atom. The summed E-state index contributed by atoms with van der Waals surface area (Å²) in [5.41, 5.74) is 3.84. The van der Waals surface area contributed by atoms with Gasteiger partial charge in [-0.15, -0.1) is 11.3 Å². The number of nitrogens with one attached hydrogen (secondary N) is 1. The van der Waals surface area contributed by atoms with Gasteiger partial charge in [0.2, 0.25) is 0 Å². The molecule has 0 aliphatic rings. The van der Waals surface area contributed by atoms with Crippen LogP contribution in [0.4, 0.5) is 5.69 Å². The van der Waals surface area contributed by atoms with Crippen LogP contribution in [0, 0.1) is 11.3 Å². The van der Waals surface area contributed by atoms with Crippen LogP contribution in [0.25, 0.3) is 21.6 Å². The third kappa shape index (κ3) is 3.97. The molecule has 1 unspecified atom stereocenters. The molecule has 0 aliphatic carbocycles. The van der Waals surface area contributed by atoms with Gasteiger partial charge >= 0.3 is 0 Å². The van der Waals surface area contributed by atoms with E-state index in [9.17, 15) is 14.6 Å². The summed E-state index contributed by atoms with van der Waals surface area (Å²) >= 11 is 0.425. The third-order valence-electron chi connectivity index (χ3n) is 3.88. The minimum atomic E-state index is -1.02. The van der Waals surface area contributed by atoms with Crippen molar-refractivity contribution in [2.24, 2.45) is 0 Å². The van der Waals surface area contributed by atoms with Crippen LogP contribution in [-0.2, 0) is 16.0 Å².